The summed E-state index contributed by atoms with van der Waals surface area (Å²) in [6.07, 6.45) is 0.155. The van der Waals surface area contributed by atoms with Crippen molar-refractivity contribution >= 4 is 44.9 Å². The molecular weight excluding hydrogens is 298 g/mol. The van der Waals surface area contributed by atoms with Crippen LogP contribution in [0.4, 0.5) is 0 Å². The molecule has 0 bridgehead atoms. The van der Waals surface area contributed by atoms with E-state index in [-0.39, 0.29) is 24.8 Å². The van der Waals surface area contributed by atoms with Crippen molar-refractivity contribution in [2.24, 2.45) is 0 Å². The van der Waals surface area contributed by atoms with E-state index in [4.69, 9.17) is 16.3 Å². The molecule has 1 heterocycles. The second kappa shape index (κ2) is 6.72. The van der Waals surface area contributed by atoms with E-state index in [0.717, 1.165) is 10.1 Å². The van der Waals surface area contributed by atoms with Gasteiger partial charge in [-0.1, -0.05) is 29.8 Å². The van der Waals surface area contributed by atoms with E-state index in [9.17, 15) is 9.59 Å². The molecule has 0 aliphatic carbocycles. The summed E-state index contributed by atoms with van der Waals surface area (Å²) in [5.41, 5.74) is 0. The maximum Gasteiger partial charge on any atom is 0.307 e. The van der Waals surface area contributed by atoms with Crippen LogP contribution in [0.5, 0.6) is 0 Å². The van der Waals surface area contributed by atoms with Crippen LogP contribution in [0.15, 0.2) is 24.3 Å². The van der Waals surface area contributed by atoms with E-state index >= 15 is 0 Å². The SMILES string of the molecule is CCOC(=O)CCNC(=O)c1sc2ccccc2c1Cl. The van der Waals surface area contributed by atoms with Gasteiger partial charge < -0.3 is 10.1 Å². The zero-order chi connectivity index (χ0) is 14.5. The molecule has 1 N–H and O–H groups in total. The molecular formula is C14H14ClNO3S. The number of esters is 1. The number of carbonyl (C=O) groups is 2. The summed E-state index contributed by atoms with van der Waals surface area (Å²) < 4.78 is 5.75. The van der Waals surface area contributed by atoms with Crippen molar-refractivity contribution in [2.45, 2.75) is 13.3 Å². The van der Waals surface area contributed by atoms with Crippen molar-refractivity contribution in [3.8, 4) is 0 Å². The maximum absolute atomic E-state index is 12.0. The highest BCUT2D eigenvalue weighted by atomic mass is 35.5. The Morgan fingerprint density at radius 2 is 2.10 bits per heavy atom. The second-order valence-electron chi connectivity index (χ2n) is 4.05. The average molecular weight is 312 g/mol. The number of hydrogen-bond donors (Lipinski definition) is 1. The van der Waals surface area contributed by atoms with Gasteiger partial charge in [0.25, 0.3) is 5.91 Å². The molecule has 1 aromatic heterocycles. The van der Waals surface area contributed by atoms with Gasteiger partial charge in [-0.25, -0.2) is 0 Å². The van der Waals surface area contributed by atoms with E-state index in [1.807, 2.05) is 24.3 Å². The quantitative estimate of drug-likeness (QED) is 0.862. The van der Waals surface area contributed by atoms with E-state index in [2.05, 4.69) is 5.32 Å². The fraction of sp³-hybridized carbons (Fsp3) is 0.286. The van der Waals surface area contributed by atoms with Gasteiger partial charge in [0.2, 0.25) is 0 Å². The number of rotatable bonds is 5. The molecule has 106 valence electrons. The lowest BCUT2D eigenvalue weighted by atomic mass is 10.2. The van der Waals surface area contributed by atoms with Crippen LogP contribution in [-0.2, 0) is 9.53 Å². The molecule has 6 heteroatoms. The van der Waals surface area contributed by atoms with Gasteiger partial charge in [-0.3, -0.25) is 9.59 Å². The van der Waals surface area contributed by atoms with Crippen LogP contribution < -0.4 is 5.32 Å². The summed E-state index contributed by atoms with van der Waals surface area (Å²) in [7, 11) is 0. The van der Waals surface area contributed by atoms with Crippen LogP contribution in [0.3, 0.4) is 0 Å². The molecule has 0 aliphatic rings. The molecule has 0 spiro atoms. The van der Waals surface area contributed by atoms with Crippen molar-refractivity contribution in [3.05, 3.63) is 34.2 Å². The monoisotopic (exact) mass is 311 g/mol. The van der Waals surface area contributed by atoms with E-state index in [1.165, 1.54) is 11.3 Å². The normalized spacial score (nSPS) is 10.5. The minimum absolute atomic E-state index is 0.155. The Morgan fingerprint density at radius 1 is 1.35 bits per heavy atom. The lowest BCUT2D eigenvalue weighted by Gasteiger charge is -2.04. The molecule has 2 rings (SSSR count). The number of halogens is 1. The molecule has 2 aromatic rings. The number of nitrogens with one attached hydrogen (secondary N) is 1. The first-order valence-electron chi connectivity index (χ1n) is 6.24. The Hall–Kier alpha value is -1.59. The number of amides is 1. The summed E-state index contributed by atoms with van der Waals surface area (Å²) >= 11 is 7.54. The van der Waals surface area contributed by atoms with Crippen LogP contribution >= 0.6 is 22.9 Å². The van der Waals surface area contributed by atoms with Gasteiger partial charge in [0.05, 0.1) is 18.1 Å². The number of ether oxygens (including phenoxy) is 1. The minimum atomic E-state index is -0.324. The summed E-state index contributed by atoms with van der Waals surface area (Å²) in [5.74, 6) is -0.587. The van der Waals surface area contributed by atoms with E-state index < -0.39 is 0 Å². The van der Waals surface area contributed by atoms with Crippen LogP contribution in [-0.4, -0.2) is 25.0 Å². The number of carbonyl (C=O) groups excluding carboxylic acids is 2. The fourth-order valence-corrected chi connectivity index (χ4v) is 3.18. The van der Waals surface area contributed by atoms with Crippen LogP contribution in [0.25, 0.3) is 10.1 Å². The number of fused-ring (bicyclic) bond motifs is 1. The highest BCUT2D eigenvalue weighted by molar-refractivity contribution is 7.21. The largest absolute Gasteiger partial charge is 0.466 e. The molecule has 1 amide bonds. The topological polar surface area (TPSA) is 55.4 Å². The predicted molar refractivity (Wildman–Crippen MR) is 80.4 cm³/mol. The number of hydrogen-bond acceptors (Lipinski definition) is 4. The number of thiophene rings is 1. The smallest absolute Gasteiger partial charge is 0.307 e. The van der Waals surface area contributed by atoms with Crippen LogP contribution in [0.2, 0.25) is 5.02 Å². The Labute approximate surface area is 125 Å². The zero-order valence-corrected chi connectivity index (χ0v) is 12.5. The second-order valence-corrected chi connectivity index (χ2v) is 5.48. The molecule has 20 heavy (non-hydrogen) atoms. The fourth-order valence-electron chi connectivity index (χ4n) is 1.75. The van der Waals surface area contributed by atoms with Gasteiger partial charge in [-0.15, -0.1) is 11.3 Å². The summed E-state index contributed by atoms with van der Waals surface area (Å²) in [5, 5.41) is 4.00. The molecule has 0 unspecified atom stereocenters. The first-order chi connectivity index (χ1) is 9.63. The number of benzene rings is 1. The Morgan fingerprint density at radius 3 is 2.80 bits per heavy atom. The van der Waals surface area contributed by atoms with E-state index in [0.29, 0.717) is 16.5 Å². The molecule has 0 saturated heterocycles. The molecule has 0 aliphatic heterocycles. The van der Waals surface area contributed by atoms with Gasteiger partial charge >= 0.3 is 5.97 Å². The van der Waals surface area contributed by atoms with Crippen molar-refractivity contribution in [2.75, 3.05) is 13.2 Å². The first kappa shape index (κ1) is 14.8. The van der Waals surface area contributed by atoms with Crippen LogP contribution in [0.1, 0.15) is 23.0 Å². The lowest BCUT2D eigenvalue weighted by molar-refractivity contribution is -0.142. The van der Waals surface area contributed by atoms with Crippen molar-refractivity contribution in [1.29, 1.82) is 0 Å². The zero-order valence-electron chi connectivity index (χ0n) is 10.9. The van der Waals surface area contributed by atoms with Crippen LogP contribution in [0, 0.1) is 0 Å². The third-order valence-corrected chi connectivity index (χ3v) is 4.34. The summed E-state index contributed by atoms with van der Waals surface area (Å²) in [6, 6.07) is 7.58. The van der Waals surface area contributed by atoms with E-state index in [1.54, 1.807) is 6.92 Å². The van der Waals surface area contributed by atoms with Crippen molar-refractivity contribution in [3.63, 3.8) is 0 Å². The molecule has 0 saturated carbocycles. The molecule has 0 atom stereocenters. The average Bonchev–Trinajstić information content (AvgIpc) is 2.77. The van der Waals surface area contributed by atoms with Crippen molar-refractivity contribution in [1.82, 2.24) is 5.32 Å². The lowest BCUT2D eigenvalue weighted by Crippen LogP contribution is -2.26. The van der Waals surface area contributed by atoms with Gasteiger partial charge in [-0.2, -0.15) is 0 Å². The highest BCUT2D eigenvalue weighted by Gasteiger charge is 2.16. The summed E-state index contributed by atoms with van der Waals surface area (Å²) in [6.45, 7) is 2.32. The Kier molecular flexibility index (Phi) is 4.98. The van der Waals surface area contributed by atoms with Gasteiger partial charge in [0.15, 0.2) is 0 Å². The molecule has 1 aromatic carbocycles. The van der Waals surface area contributed by atoms with Crippen molar-refractivity contribution < 1.29 is 14.3 Å². The maximum atomic E-state index is 12.0. The standard InChI is InChI=1S/C14H14ClNO3S/c1-2-19-11(17)7-8-16-14(18)13-12(15)9-5-3-4-6-10(9)20-13/h3-6H,2,7-8H2,1H3,(H,16,18). The molecule has 0 fully saturated rings. The van der Waals surface area contributed by atoms with Gasteiger partial charge in [0, 0.05) is 16.6 Å². The third kappa shape index (κ3) is 3.29. The first-order valence-corrected chi connectivity index (χ1v) is 7.43. The molecule has 0 radical (unpaired) electrons. The summed E-state index contributed by atoms with van der Waals surface area (Å²) in [4.78, 5) is 23.7. The minimum Gasteiger partial charge on any atom is -0.466 e. The van der Waals surface area contributed by atoms with Gasteiger partial charge in [0.1, 0.15) is 4.88 Å². The molecule has 4 nitrogen and oxygen atoms in total. The van der Waals surface area contributed by atoms with Gasteiger partial charge in [-0.05, 0) is 13.0 Å². The Balaban J connectivity index is 2.01. The third-order valence-electron chi connectivity index (χ3n) is 2.66. The highest BCUT2D eigenvalue weighted by Crippen LogP contribution is 2.34. The predicted octanol–water partition coefficient (Wildman–Crippen LogP) is 3.24. The Bertz CT molecular complexity index is 638.